The zero-order valence-electron chi connectivity index (χ0n) is 51.3. The molecule has 10 amide bonds. The van der Waals surface area contributed by atoms with E-state index in [1.807, 2.05) is 13.0 Å². The monoisotopic (exact) mass is 1250 g/mol. The van der Waals surface area contributed by atoms with Gasteiger partial charge >= 0.3 is 24.2 Å². The summed E-state index contributed by atoms with van der Waals surface area (Å²) in [5.41, 5.74) is 4.68. The molecule has 26 nitrogen and oxygen atoms in total. The molecule has 8 N–H and O–H groups in total. The zero-order chi connectivity index (χ0) is 64.8. The predicted molar refractivity (Wildman–Crippen MR) is 321 cm³/mol. The largest absolute Gasteiger partial charge is 0.495 e. The van der Waals surface area contributed by atoms with E-state index >= 15 is 0 Å². The first-order valence-electron chi connectivity index (χ1n) is 29.1. The van der Waals surface area contributed by atoms with Gasteiger partial charge in [0.2, 0.25) is 23.6 Å². The number of aliphatic hydroxyl groups is 1. The Bertz CT molecular complexity index is 3010. The number of urea groups is 1. The van der Waals surface area contributed by atoms with Gasteiger partial charge in [0.15, 0.2) is 5.72 Å². The first kappa shape index (κ1) is 69.0. The van der Waals surface area contributed by atoms with Crippen LogP contribution in [0.15, 0.2) is 72.4 Å². The van der Waals surface area contributed by atoms with Crippen molar-refractivity contribution in [1.29, 1.82) is 0 Å². The van der Waals surface area contributed by atoms with E-state index in [4.69, 9.17) is 45.8 Å². The van der Waals surface area contributed by atoms with Gasteiger partial charge in [-0.05, 0) is 94.2 Å². The molecule has 2 aromatic carbocycles. The van der Waals surface area contributed by atoms with Crippen LogP contribution in [0, 0.1) is 11.8 Å². The second-order valence-electron chi connectivity index (χ2n) is 23.0. The number of amides is 10. The maximum absolute atomic E-state index is 14.4. The van der Waals surface area contributed by atoms with Crippen molar-refractivity contribution < 1.29 is 81.5 Å². The summed E-state index contributed by atoms with van der Waals surface area (Å²) in [5.74, 6) is -4.54. The van der Waals surface area contributed by atoms with Crippen LogP contribution < -0.4 is 42.0 Å². The van der Waals surface area contributed by atoms with Gasteiger partial charge in [-0.3, -0.25) is 43.9 Å². The number of primary amides is 1. The summed E-state index contributed by atoms with van der Waals surface area (Å²) in [4.78, 5) is 134. The number of likely N-dealkylation sites (N-methyl/N-ethyl adjacent to an activating group) is 1. The minimum Gasteiger partial charge on any atom is -0.495 e. The van der Waals surface area contributed by atoms with E-state index in [1.165, 1.54) is 52.3 Å². The second-order valence-corrected chi connectivity index (χ2v) is 23.4. The summed E-state index contributed by atoms with van der Waals surface area (Å²) in [6, 6.07) is 5.55. The molecule has 2 saturated heterocycles. The Morgan fingerprint density at radius 3 is 2.31 bits per heavy atom. The van der Waals surface area contributed by atoms with Crippen LogP contribution >= 0.6 is 11.6 Å². The molecule has 2 aromatic rings. The summed E-state index contributed by atoms with van der Waals surface area (Å²) >= 11 is 6.83. The number of allylic oxidation sites excluding steroid dienone is 3. The number of hydrogen-bond donors (Lipinski definition) is 7. The van der Waals surface area contributed by atoms with Crippen LogP contribution in [0.2, 0.25) is 5.02 Å². The average molecular weight is 1250 g/mol. The van der Waals surface area contributed by atoms with Crippen LogP contribution in [0.3, 0.4) is 0 Å². The van der Waals surface area contributed by atoms with E-state index in [-0.39, 0.29) is 68.1 Å². The van der Waals surface area contributed by atoms with E-state index in [0.717, 1.165) is 20.9 Å². The molecule has 480 valence electrons. The van der Waals surface area contributed by atoms with E-state index in [1.54, 1.807) is 76.2 Å². The number of unbranched alkanes of at least 4 members (excludes halogenated alkanes) is 2. The summed E-state index contributed by atoms with van der Waals surface area (Å²) in [7, 11) is 5.70. The summed E-state index contributed by atoms with van der Waals surface area (Å²) in [5, 5.41) is 25.3. The normalized spacial score (nSPS) is 23.7. The predicted octanol–water partition coefficient (Wildman–Crippen LogP) is 4.82. The van der Waals surface area contributed by atoms with E-state index in [0.29, 0.717) is 48.4 Å². The standard InChI is InChI=1S/C61H82ClN9O17/c1-34(2)52(67-47(72)19-12-11-13-27-71-48(73)24-25-49(71)74)55(77)66-41(17-15-26-64-57(63)79)54(76)65-40-22-20-38(21-23-40)33-85-59(81)69(7)37(5)56(78)87-46-31-50(75)70(8)42-29-39(30-43(83-9)51(42)62)28-35(3)16-14-18-45(84-10)61(82)32-44(86-58(80)68-61)36(4)53-60(46,6)88-53/h14,16,18,20-25,29-30,34,36-37,41,44-46,52-53,82H,11-13,15,17,19,26-28,31-33H2,1-10H3,(H,65,76)(H,66,77)(H,67,72)(H,68,80)(H3,63,64,79). The van der Waals surface area contributed by atoms with Crippen LogP contribution in [-0.4, -0.2) is 170 Å². The molecule has 4 aliphatic rings. The number of esters is 1. The Hall–Kier alpha value is -8.07. The Labute approximate surface area is 516 Å². The van der Waals surface area contributed by atoms with Gasteiger partial charge in [-0.15, -0.1) is 0 Å². The van der Waals surface area contributed by atoms with E-state index < -0.39 is 114 Å². The number of imide groups is 1. The molecule has 0 saturated carbocycles. The number of rotatable bonds is 23. The molecular formula is C61H82ClN9O17. The first-order chi connectivity index (χ1) is 41.6. The number of halogens is 1. The highest BCUT2D eigenvalue weighted by Gasteiger charge is 2.64. The molecular weight excluding hydrogens is 1170 g/mol. The van der Waals surface area contributed by atoms with Gasteiger partial charge in [0.25, 0.3) is 11.8 Å². The average Bonchev–Trinajstić information content (AvgIpc) is 1.82. The molecule has 10 unspecified atom stereocenters. The molecule has 0 aromatic heterocycles. The number of carbonyl (C=O) groups excluding carboxylic acids is 10. The smallest absolute Gasteiger partial charge is 0.410 e. The number of hydrogen-bond acceptors (Lipinski definition) is 17. The molecule has 0 spiro atoms. The van der Waals surface area contributed by atoms with Gasteiger partial charge < -0.3 is 65.4 Å². The molecule has 2 fully saturated rings. The van der Waals surface area contributed by atoms with Gasteiger partial charge in [0.05, 0.1) is 25.3 Å². The Balaban J connectivity index is 1.09. The molecule has 4 aliphatic heterocycles. The van der Waals surface area contributed by atoms with Gasteiger partial charge in [-0.1, -0.05) is 74.7 Å². The fourth-order valence-corrected chi connectivity index (χ4v) is 10.8. The SMILES string of the molecule is COc1cc2cc(c1Cl)N(C)C(=O)CC(OC(=O)C(C)N(C)C(=O)OCc1ccc(NC(=O)C(CCCNC(N)=O)NC(=O)C(NC(=O)CCCCCN3C(=O)C=CC3=O)C(C)C)cc1)C1(C)OC1C(C)C1CC(O)(NC(=O)O1)C(OC)C=CC=C(C)C2. The third-order valence-corrected chi connectivity index (χ3v) is 16.4. The number of nitrogens with two attached hydrogens (primary N) is 1. The van der Waals surface area contributed by atoms with Crippen LogP contribution in [0.4, 0.5) is 25.8 Å². The van der Waals surface area contributed by atoms with Crippen LogP contribution in [0.1, 0.15) is 104 Å². The van der Waals surface area contributed by atoms with Crippen molar-refractivity contribution in [2.24, 2.45) is 17.6 Å². The van der Waals surface area contributed by atoms with E-state index in [2.05, 4.69) is 26.6 Å². The maximum Gasteiger partial charge on any atom is 0.410 e. The van der Waals surface area contributed by atoms with E-state index in [9.17, 15) is 53.1 Å². The lowest BCUT2D eigenvalue weighted by molar-refractivity contribution is -0.158. The van der Waals surface area contributed by atoms with Crippen LogP contribution in [0.5, 0.6) is 5.75 Å². The quantitative estimate of drug-likeness (QED) is 0.0258. The number of epoxide rings is 1. The number of anilines is 2. The second kappa shape index (κ2) is 30.7. The highest BCUT2D eigenvalue weighted by atomic mass is 35.5. The minimum atomic E-state index is -1.91. The molecule has 0 radical (unpaired) electrons. The Morgan fingerprint density at radius 2 is 1.66 bits per heavy atom. The summed E-state index contributed by atoms with van der Waals surface area (Å²) in [6.07, 6.45) is 3.41. The number of nitrogens with zero attached hydrogens (tertiary/aromatic N) is 3. The molecule has 4 heterocycles. The molecule has 4 bridgehead atoms. The number of fused-ring (bicyclic) bond motifs is 5. The van der Waals surface area contributed by atoms with Crippen molar-refractivity contribution >= 4 is 82.6 Å². The molecule has 10 atom stereocenters. The zero-order valence-corrected chi connectivity index (χ0v) is 52.1. The lowest BCUT2D eigenvalue weighted by Gasteiger charge is -2.42. The van der Waals surface area contributed by atoms with Gasteiger partial charge in [0.1, 0.15) is 59.4 Å². The first-order valence-corrected chi connectivity index (χ1v) is 29.5. The van der Waals surface area contributed by atoms with Crippen molar-refractivity contribution in [1.82, 2.24) is 31.1 Å². The van der Waals surface area contributed by atoms with Crippen LogP contribution in [0.25, 0.3) is 0 Å². The van der Waals surface area contributed by atoms with Gasteiger partial charge in [-0.25, -0.2) is 19.2 Å². The molecule has 6 rings (SSSR count). The highest BCUT2D eigenvalue weighted by Crippen LogP contribution is 2.49. The molecule has 88 heavy (non-hydrogen) atoms. The Morgan fingerprint density at radius 1 is 0.966 bits per heavy atom. The van der Waals surface area contributed by atoms with Gasteiger partial charge in [0, 0.05) is 70.9 Å². The Kier molecular flexibility index (Phi) is 24.1. The third-order valence-electron chi connectivity index (χ3n) is 16.1. The minimum absolute atomic E-state index is 0.0698. The summed E-state index contributed by atoms with van der Waals surface area (Å²) < 4.78 is 35.0. The van der Waals surface area contributed by atoms with Crippen molar-refractivity contribution in [2.45, 2.75) is 160 Å². The fourth-order valence-electron chi connectivity index (χ4n) is 10.5. The van der Waals surface area contributed by atoms with Crippen LogP contribution in [-0.2, 0) is 70.3 Å². The van der Waals surface area contributed by atoms with Crippen molar-refractivity contribution in [3.05, 3.63) is 88.5 Å². The number of methoxy groups -OCH3 is 2. The number of ether oxygens (including phenoxy) is 6. The topological polar surface area (TPSA) is 346 Å². The maximum atomic E-state index is 14.4. The number of nitrogens with one attached hydrogen (secondary N) is 5. The molecule has 27 heteroatoms. The third kappa shape index (κ3) is 18.0. The lowest BCUT2D eigenvalue weighted by atomic mass is 9.83. The summed E-state index contributed by atoms with van der Waals surface area (Å²) in [6.45, 7) is 10.2. The lowest BCUT2D eigenvalue weighted by Crippen LogP contribution is -2.63. The number of benzene rings is 2. The number of alkyl carbamates (subject to hydrolysis) is 1. The van der Waals surface area contributed by atoms with Crippen molar-refractivity contribution in [2.75, 3.05) is 51.6 Å². The fraction of sp³-hybridized carbons (Fsp3) is 0.541. The number of carbonyl (C=O) groups is 10. The van der Waals surface area contributed by atoms with Crippen molar-refractivity contribution in [3.8, 4) is 5.75 Å². The van der Waals surface area contributed by atoms with Gasteiger partial charge in [-0.2, -0.15) is 0 Å². The highest BCUT2D eigenvalue weighted by molar-refractivity contribution is 6.35. The van der Waals surface area contributed by atoms with Crippen molar-refractivity contribution in [3.63, 3.8) is 0 Å². The molecule has 0 aliphatic carbocycles.